The SMILES string of the molecule is CCCCCCC(O)c1ccc(OC)cc1Cl. The molecule has 1 rings (SSSR count). The minimum atomic E-state index is -0.467. The number of aliphatic hydroxyl groups excluding tert-OH is 1. The zero-order chi connectivity index (χ0) is 12.7. The van der Waals surface area contributed by atoms with Gasteiger partial charge in [-0.3, -0.25) is 0 Å². The Labute approximate surface area is 109 Å². The summed E-state index contributed by atoms with van der Waals surface area (Å²) in [6, 6.07) is 5.41. The van der Waals surface area contributed by atoms with Crippen molar-refractivity contribution >= 4 is 11.6 Å². The fourth-order valence-corrected chi connectivity index (χ4v) is 2.12. The van der Waals surface area contributed by atoms with E-state index in [1.165, 1.54) is 19.3 Å². The predicted molar refractivity (Wildman–Crippen MR) is 71.7 cm³/mol. The summed E-state index contributed by atoms with van der Waals surface area (Å²) in [5.41, 5.74) is 0.795. The molecule has 1 aromatic carbocycles. The number of halogens is 1. The van der Waals surface area contributed by atoms with Gasteiger partial charge in [0.1, 0.15) is 5.75 Å². The number of rotatable bonds is 7. The molecule has 0 saturated heterocycles. The quantitative estimate of drug-likeness (QED) is 0.735. The van der Waals surface area contributed by atoms with E-state index in [0.29, 0.717) is 5.02 Å². The lowest BCUT2D eigenvalue weighted by Gasteiger charge is -2.13. The van der Waals surface area contributed by atoms with Crippen LogP contribution in [0.1, 0.15) is 50.7 Å². The summed E-state index contributed by atoms with van der Waals surface area (Å²) in [6.07, 6.45) is 4.94. The number of aliphatic hydroxyl groups is 1. The van der Waals surface area contributed by atoms with Gasteiger partial charge in [0.05, 0.1) is 18.2 Å². The van der Waals surface area contributed by atoms with E-state index in [4.69, 9.17) is 16.3 Å². The van der Waals surface area contributed by atoms with Crippen LogP contribution < -0.4 is 4.74 Å². The van der Waals surface area contributed by atoms with Crippen molar-refractivity contribution in [3.05, 3.63) is 28.8 Å². The molecule has 0 amide bonds. The number of hydrogen-bond donors (Lipinski definition) is 1. The molecule has 2 nitrogen and oxygen atoms in total. The van der Waals surface area contributed by atoms with Crippen LogP contribution in [-0.4, -0.2) is 12.2 Å². The van der Waals surface area contributed by atoms with Crippen LogP contribution in [0.25, 0.3) is 0 Å². The second-order valence-corrected chi connectivity index (χ2v) is 4.66. The summed E-state index contributed by atoms with van der Waals surface area (Å²) >= 11 is 6.10. The summed E-state index contributed by atoms with van der Waals surface area (Å²) in [4.78, 5) is 0. The lowest BCUT2D eigenvalue weighted by atomic mass is 10.0. The lowest BCUT2D eigenvalue weighted by molar-refractivity contribution is 0.163. The summed E-state index contributed by atoms with van der Waals surface area (Å²) in [5, 5.41) is 10.6. The standard InChI is InChI=1S/C14H21ClO2/c1-3-4-5-6-7-14(16)12-9-8-11(17-2)10-13(12)15/h8-10,14,16H,3-7H2,1-2H3. The first-order valence-electron chi connectivity index (χ1n) is 6.20. The molecule has 1 aromatic rings. The fourth-order valence-electron chi connectivity index (χ4n) is 1.83. The molecule has 0 aliphatic rings. The van der Waals surface area contributed by atoms with E-state index in [2.05, 4.69) is 6.92 Å². The summed E-state index contributed by atoms with van der Waals surface area (Å²) in [7, 11) is 1.60. The van der Waals surface area contributed by atoms with Crippen LogP contribution in [0, 0.1) is 0 Å². The molecule has 17 heavy (non-hydrogen) atoms. The van der Waals surface area contributed by atoms with Gasteiger partial charge in [0.2, 0.25) is 0 Å². The molecule has 1 unspecified atom stereocenters. The van der Waals surface area contributed by atoms with Crippen LogP contribution in [0.5, 0.6) is 5.75 Å². The number of methoxy groups -OCH3 is 1. The molecular weight excluding hydrogens is 236 g/mol. The van der Waals surface area contributed by atoms with Crippen LogP contribution in [0.2, 0.25) is 5.02 Å². The molecule has 0 spiro atoms. The summed E-state index contributed by atoms with van der Waals surface area (Å²) < 4.78 is 5.08. The molecule has 0 aromatic heterocycles. The third-order valence-electron chi connectivity index (χ3n) is 2.90. The third-order valence-corrected chi connectivity index (χ3v) is 3.23. The van der Waals surface area contributed by atoms with Gasteiger partial charge >= 0.3 is 0 Å². The highest BCUT2D eigenvalue weighted by atomic mass is 35.5. The second kappa shape index (κ2) is 7.57. The van der Waals surface area contributed by atoms with E-state index in [1.807, 2.05) is 12.1 Å². The Morgan fingerprint density at radius 3 is 2.65 bits per heavy atom. The number of benzene rings is 1. The van der Waals surface area contributed by atoms with Crippen LogP contribution in [0.15, 0.2) is 18.2 Å². The zero-order valence-corrected chi connectivity index (χ0v) is 11.3. The average Bonchev–Trinajstić information content (AvgIpc) is 2.34. The van der Waals surface area contributed by atoms with E-state index in [0.717, 1.165) is 24.2 Å². The molecule has 0 saturated carbocycles. The van der Waals surface area contributed by atoms with Gasteiger partial charge in [-0.1, -0.05) is 50.3 Å². The Morgan fingerprint density at radius 2 is 2.06 bits per heavy atom. The van der Waals surface area contributed by atoms with Gasteiger partial charge in [-0.25, -0.2) is 0 Å². The molecule has 1 atom stereocenters. The molecule has 0 radical (unpaired) electrons. The van der Waals surface area contributed by atoms with Gasteiger partial charge in [-0.2, -0.15) is 0 Å². The highest BCUT2D eigenvalue weighted by Gasteiger charge is 2.11. The molecule has 0 aliphatic carbocycles. The van der Waals surface area contributed by atoms with Crippen LogP contribution in [0.3, 0.4) is 0 Å². The monoisotopic (exact) mass is 256 g/mol. The fraction of sp³-hybridized carbons (Fsp3) is 0.571. The van der Waals surface area contributed by atoms with Crippen molar-refractivity contribution in [2.24, 2.45) is 0 Å². The van der Waals surface area contributed by atoms with Crippen molar-refractivity contribution in [3.63, 3.8) is 0 Å². The maximum atomic E-state index is 10.0. The van der Waals surface area contributed by atoms with E-state index >= 15 is 0 Å². The van der Waals surface area contributed by atoms with Crippen LogP contribution in [-0.2, 0) is 0 Å². The zero-order valence-electron chi connectivity index (χ0n) is 10.6. The van der Waals surface area contributed by atoms with Crippen molar-refractivity contribution in [2.45, 2.75) is 45.1 Å². The van der Waals surface area contributed by atoms with E-state index in [1.54, 1.807) is 13.2 Å². The van der Waals surface area contributed by atoms with Crippen molar-refractivity contribution in [3.8, 4) is 5.75 Å². The molecule has 0 heterocycles. The normalized spacial score (nSPS) is 12.5. The van der Waals surface area contributed by atoms with Crippen LogP contribution >= 0.6 is 11.6 Å². The van der Waals surface area contributed by atoms with Gasteiger partial charge in [-0.05, 0) is 24.1 Å². The summed E-state index contributed by atoms with van der Waals surface area (Å²) in [5.74, 6) is 0.719. The lowest BCUT2D eigenvalue weighted by Crippen LogP contribution is -1.99. The van der Waals surface area contributed by atoms with Gasteiger partial charge in [0.15, 0.2) is 0 Å². The number of unbranched alkanes of at least 4 members (excludes halogenated alkanes) is 3. The minimum absolute atomic E-state index is 0.467. The largest absolute Gasteiger partial charge is 0.497 e. The molecule has 0 fully saturated rings. The second-order valence-electron chi connectivity index (χ2n) is 4.25. The van der Waals surface area contributed by atoms with E-state index in [-0.39, 0.29) is 0 Å². The Balaban J connectivity index is 2.53. The first-order chi connectivity index (χ1) is 8.19. The highest BCUT2D eigenvalue weighted by molar-refractivity contribution is 6.31. The molecule has 1 N–H and O–H groups in total. The van der Waals surface area contributed by atoms with E-state index in [9.17, 15) is 5.11 Å². The smallest absolute Gasteiger partial charge is 0.120 e. The van der Waals surface area contributed by atoms with Crippen molar-refractivity contribution in [1.29, 1.82) is 0 Å². The van der Waals surface area contributed by atoms with Crippen molar-refractivity contribution < 1.29 is 9.84 Å². The van der Waals surface area contributed by atoms with Gasteiger partial charge in [-0.15, -0.1) is 0 Å². The number of hydrogen-bond acceptors (Lipinski definition) is 2. The average molecular weight is 257 g/mol. The van der Waals surface area contributed by atoms with Crippen LogP contribution in [0.4, 0.5) is 0 Å². The Hall–Kier alpha value is -0.730. The minimum Gasteiger partial charge on any atom is -0.497 e. The Bertz CT molecular complexity index is 339. The van der Waals surface area contributed by atoms with Gasteiger partial charge in [0, 0.05) is 0 Å². The highest BCUT2D eigenvalue weighted by Crippen LogP contribution is 2.29. The Morgan fingerprint density at radius 1 is 1.29 bits per heavy atom. The molecule has 0 bridgehead atoms. The first-order valence-corrected chi connectivity index (χ1v) is 6.58. The third kappa shape index (κ3) is 4.57. The molecule has 0 aliphatic heterocycles. The first kappa shape index (κ1) is 14.3. The number of ether oxygens (including phenoxy) is 1. The predicted octanol–water partition coefficient (Wildman–Crippen LogP) is 4.35. The summed E-state index contributed by atoms with van der Waals surface area (Å²) in [6.45, 7) is 2.18. The maximum Gasteiger partial charge on any atom is 0.120 e. The van der Waals surface area contributed by atoms with Crippen molar-refractivity contribution in [1.82, 2.24) is 0 Å². The maximum absolute atomic E-state index is 10.0. The van der Waals surface area contributed by atoms with Gasteiger partial charge in [0.25, 0.3) is 0 Å². The molecule has 96 valence electrons. The Kier molecular flexibility index (Phi) is 6.38. The van der Waals surface area contributed by atoms with Gasteiger partial charge < -0.3 is 9.84 Å². The van der Waals surface area contributed by atoms with Crippen molar-refractivity contribution in [2.75, 3.05) is 7.11 Å². The van der Waals surface area contributed by atoms with E-state index < -0.39 is 6.10 Å². The molecule has 3 heteroatoms. The topological polar surface area (TPSA) is 29.5 Å². The molecular formula is C14H21ClO2.